The molecule has 0 aliphatic heterocycles. The molecule has 0 radical (unpaired) electrons. The molecule has 2 aromatic carbocycles. The van der Waals surface area contributed by atoms with E-state index >= 15 is 0 Å². The molecule has 114 valence electrons. The van der Waals surface area contributed by atoms with Gasteiger partial charge < -0.3 is 10.6 Å². The van der Waals surface area contributed by atoms with E-state index in [0.29, 0.717) is 11.6 Å². The van der Waals surface area contributed by atoms with Gasteiger partial charge in [0.05, 0.1) is 0 Å². The van der Waals surface area contributed by atoms with Crippen molar-refractivity contribution in [3.05, 3.63) is 58.6 Å². The lowest BCUT2D eigenvalue weighted by Gasteiger charge is -2.14. The number of hydrogen-bond donors (Lipinski definition) is 2. The van der Waals surface area contributed by atoms with E-state index in [2.05, 4.69) is 26.6 Å². The fraction of sp³-hybridized carbons (Fsp3) is 0.278. The van der Waals surface area contributed by atoms with Gasteiger partial charge in [0.2, 0.25) is 0 Å². The normalized spacial score (nSPS) is 14.8. The van der Waals surface area contributed by atoms with Gasteiger partial charge in [0.1, 0.15) is 0 Å². The minimum Gasteiger partial charge on any atom is -0.382 e. The summed E-state index contributed by atoms with van der Waals surface area (Å²) in [4.78, 5) is 12.2. The van der Waals surface area contributed by atoms with Crippen molar-refractivity contribution in [3.8, 4) is 0 Å². The summed E-state index contributed by atoms with van der Waals surface area (Å²) in [5.41, 5.74) is 2.57. The van der Waals surface area contributed by atoms with Gasteiger partial charge in [-0.1, -0.05) is 34.8 Å². The van der Waals surface area contributed by atoms with E-state index in [1.807, 2.05) is 42.5 Å². The summed E-state index contributed by atoms with van der Waals surface area (Å²) in [6.07, 6.45) is 5.14. The third kappa shape index (κ3) is 3.89. The number of amides is 1. The summed E-state index contributed by atoms with van der Waals surface area (Å²) in [5.74, 6) is -0.0993. The fourth-order valence-electron chi connectivity index (χ4n) is 2.79. The topological polar surface area (TPSA) is 41.1 Å². The maximum atomic E-state index is 12.2. The third-order valence-electron chi connectivity index (χ3n) is 3.96. The Balaban J connectivity index is 1.61. The molecule has 3 rings (SSSR count). The molecule has 4 heteroatoms. The van der Waals surface area contributed by atoms with Gasteiger partial charge in [0.15, 0.2) is 0 Å². The molecule has 22 heavy (non-hydrogen) atoms. The average molecular weight is 359 g/mol. The Morgan fingerprint density at radius 1 is 1.00 bits per heavy atom. The minimum absolute atomic E-state index is 0.0993. The standard InChI is InChI=1S/C18H19BrN2O/c19-14-5-3-4-13(12-14)18(22)21-17-10-8-16(9-11-17)20-15-6-1-2-7-15/h3-5,8-12,15,20H,1-2,6-7H2,(H,21,22). The summed E-state index contributed by atoms with van der Waals surface area (Å²) in [7, 11) is 0. The first-order valence-electron chi connectivity index (χ1n) is 7.64. The molecule has 2 N–H and O–H groups in total. The zero-order valence-corrected chi connectivity index (χ0v) is 13.9. The lowest BCUT2D eigenvalue weighted by Crippen LogP contribution is -2.14. The Bertz CT molecular complexity index is 648. The predicted molar refractivity (Wildman–Crippen MR) is 94.4 cm³/mol. The van der Waals surface area contributed by atoms with Gasteiger partial charge in [0, 0.05) is 27.5 Å². The highest BCUT2D eigenvalue weighted by Crippen LogP contribution is 2.23. The van der Waals surface area contributed by atoms with E-state index in [-0.39, 0.29) is 5.91 Å². The van der Waals surface area contributed by atoms with E-state index in [9.17, 15) is 4.79 Å². The van der Waals surface area contributed by atoms with Crippen LogP contribution in [-0.2, 0) is 0 Å². The first-order chi connectivity index (χ1) is 10.7. The monoisotopic (exact) mass is 358 g/mol. The van der Waals surface area contributed by atoms with Crippen molar-refractivity contribution in [1.29, 1.82) is 0 Å². The third-order valence-corrected chi connectivity index (χ3v) is 4.45. The zero-order valence-electron chi connectivity index (χ0n) is 12.3. The van der Waals surface area contributed by atoms with Crippen LogP contribution in [-0.4, -0.2) is 11.9 Å². The lowest BCUT2D eigenvalue weighted by molar-refractivity contribution is 0.102. The van der Waals surface area contributed by atoms with Crippen LogP contribution in [0.5, 0.6) is 0 Å². The first kappa shape index (κ1) is 15.1. The van der Waals surface area contributed by atoms with E-state index in [1.165, 1.54) is 25.7 Å². The summed E-state index contributed by atoms with van der Waals surface area (Å²) in [5, 5.41) is 6.46. The van der Waals surface area contributed by atoms with E-state index in [1.54, 1.807) is 6.07 Å². The van der Waals surface area contributed by atoms with Crippen LogP contribution in [0.4, 0.5) is 11.4 Å². The van der Waals surface area contributed by atoms with Crippen LogP contribution in [0.2, 0.25) is 0 Å². The molecule has 3 nitrogen and oxygen atoms in total. The predicted octanol–water partition coefficient (Wildman–Crippen LogP) is 5.06. The van der Waals surface area contributed by atoms with E-state index in [4.69, 9.17) is 0 Å². The molecule has 1 amide bonds. The number of carbonyl (C=O) groups excluding carboxylic acids is 1. The second-order valence-electron chi connectivity index (χ2n) is 5.67. The second kappa shape index (κ2) is 6.97. The highest BCUT2D eigenvalue weighted by atomic mass is 79.9. The largest absolute Gasteiger partial charge is 0.382 e. The van der Waals surface area contributed by atoms with E-state index in [0.717, 1.165) is 15.8 Å². The summed E-state index contributed by atoms with van der Waals surface area (Å²) in [6.45, 7) is 0. The van der Waals surface area contributed by atoms with Crippen LogP contribution in [0, 0.1) is 0 Å². The van der Waals surface area contributed by atoms with Gasteiger partial charge in [-0.3, -0.25) is 4.79 Å². The molecule has 2 aromatic rings. The van der Waals surface area contributed by atoms with Crippen LogP contribution in [0.1, 0.15) is 36.0 Å². The molecule has 0 spiro atoms. The highest BCUT2D eigenvalue weighted by molar-refractivity contribution is 9.10. The molecule has 0 atom stereocenters. The summed E-state index contributed by atoms with van der Waals surface area (Å²) in [6, 6.07) is 15.9. The van der Waals surface area contributed by atoms with Crippen molar-refractivity contribution in [3.63, 3.8) is 0 Å². The van der Waals surface area contributed by atoms with Crippen LogP contribution >= 0.6 is 15.9 Å². The summed E-state index contributed by atoms with van der Waals surface area (Å²) < 4.78 is 0.899. The molecular formula is C18H19BrN2O. The molecule has 0 saturated heterocycles. The molecule has 0 unspecified atom stereocenters. The van der Waals surface area contributed by atoms with Crippen molar-refractivity contribution in [2.24, 2.45) is 0 Å². The Morgan fingerprint density at radius 3 is 2.36 bits per heavy atom. The van der Waals surface area contributed by atoms with Gasteiger partial charge >= 0.3 is 0 Å². The number of benzene rings is 2. The fourth-order valence-corrected chi connectivity index (χ4v) is 3.19. The van der Waals surface area contributed by atoms with Crippen molar-refractivity contribution < 1.29 is 4.79 Å². The first-order valence-corrected chi connectivity index (χ1v) is 8.43. The number of carbonyl (C=O) groups is 1. The highest BCUT2D eigenvalue weighted by Gasteiger charge is 2.14. The summed E-state index contributed by atoms with van der Waals surface area (Å²) >= 11 is 3.38. The van der Waals surface area contributed by atoms with Crippen LogP contribution < -0.4 is 10.6 Å². The van der Waals surface area contributed by atoms with E-state index < -0.39 is 0 Å². The van der Waals surface area contributed by atoms with Gasteiger partial charge in [-0.15, -0.1) is 0 Å². The van der Waals surface area contributed by atoms with Gasteiger partial charge in [-0.25, -0.2) is 0 Å². The Hall–Kier alpha value is -1.81. The quantitative estimate of drug-likeness (QED) is 0.802. The Kier molecular flexibility index (Phi) is 4.78. The van der Waals surface area contributed by atoms with Crippen molar-refractivity contribution >= 4 is 33.2 Å². The van der Waals surface area contributed by atoms with Crippen LogP contribution in [0.3, 0.4) is 0 Å². The van der Waals surface area contributed by atoms with Crippen LogP contribution in [0.15, 0.2) is 53.0 Å². The van der Waals surface area contributed by atoms with Crippen molar-refractivity contribution in [2.45, 2.75) is 31.7 Å². The van der Waals surface area contributed by atoms with Gasteiger partial charge in [-0.2, -0.15) is 0 Å². The maximum Gasteiger partial charge on any atom is 0.255 e. The molecule has 1 aliphatic rings. The molecule has 1 fully saturated rings. The van der Waals surface area contributed by atoms with Crippen molar-refractivity contribution in [2.75, 3.05) is 10.6 Å². The van der Waals surface area contributed by atoms with Crippen LogP contribution in [0.25, 0.3) is 0 Å². The lowest BCUT2D eigenvalue weighted by atomic mass is 10.2. The molecule has 0 bridgehead atoms. The maximum absolute atomic E-state index is 12.2. The van der Waals surface area contributed by atoms with Gasteiger partial charge in [-0.05, 0) is 55.3 Å². The number of halogens is 1. The Morgan fingerprint density at radius 2 is 1.68 bits per heavy atom. The molecular weight excluding hydrogens is 340 g/mol. The van der Waals surface area contributed by atoms with Gasteiger partial charge in [0.25, 0.3) is 5.91 Å². The second-order valence-corrected chi connectivity index (χ2v) is 6.58. The molecule has 1 aliphatic carbocycles. The molecule has 0 aromatic heterocycles. The minimum atomic E-state index is -0.0993. The van der Waals surface area contributed by atoms with Crippen molar-refractivity contribution in [1.82, 2.24) is 0 Å². The number of nitrogens with one attached hydrogen (secondary N) is 2. The molecule has 1 saturated carbocycles. The average Bonchev–Trinajstić information content (AvgIpc) is 3.02. The number of rotatable bonds is 4. The Labute approximate surface area is 139 Å². The number of hydrogen-bond acceptors (Lipinski definition) is 2. The zero-order chi connectivity index (χ0) is 15.4. The smallest absolute Gasteiger partial charge is 0.255 e. The number of anilines is 2. The SMILES string of the molecule is O=C(Nc1ccc(NC2CCCC2)cc1)c1cccc(Br)c1. The molecule has 0 heterocycles.